The van der Waals surface area contributed by atoms with Gasteiger partial charge in [-0.2, -0.15) is 9.61 Å². The minimum atomic E-state index is -0.462. The molecule has 0 bridgehead atoms. The number of aromatic amines is 1. The number of rotatable bonds is 4. The van der Waals surface area contributed by atoms with Gasteiger partial charge in [0.25, 0.3) is 11.1 Å². The molecule has 0 unspecified atom stereocenters. The van der Waals surface area contributed by atoms with Gasteiger partial charge in [0.1, 0.15) is 10.8 Å². The summed E-state index contributed by atoms with van der Waals surface area (Å²) in [7, 11) is 0. The van der Waals surface area contributed by atoms with Crippen molar-refractivity contribution in [2.24, 2.45) is 0 Å². The van der Waals surface area contributed by atoms with Crippen molar-refractivity contribution < 1.29 is 4.39 Å². The van der Waals surface area contributed by atoms with Gasteiger partial charge < -0.3 is 0 Å². The summed E-state index contributed by atoms with van der Waals surface area (Å²) in [5, 5.41) is 7.88. The predicted octanol–water partition coefficient (Wildman–Crippen LogP) is 2.29. The molecule has 30 heavy (non-hydrogen) atoms. The molecule has 4 aromatic heterocycles. The Morgan fingerprint density at radius 1 is 1.17 bits per heavy atom. The Balaban J connectivity index is 1.56. The molecule has 0 saturated heterocycles. The Morgan fingerprint density at radius 2 is 2.00 bits per heavy atom. The first kappa shape index (κ1) is 18.6. The highest BCUT2D eigenvalue weighted by Crippen LogP contribution is 2.25. The molecule has 4 heterocycles. The van der Waals surface area contributed by atoms with Crippen molar-refractivity contribution in [2.45, 2.75) is 17.8 Å². The Morgan fingerprint density at radius 3 is 2.83 bits per heavy atom. The molecule has 0 saturated carbocycles. The summed E-state index contributed by atoms with van der Waals surface area (Å²) in [6, 6.07) is 8.88. The van der Waals surface area contributed by atoms with Crippen molar-refractivity contribution in [2.75, 3.05) is 0 Å². The van der Waals surface area contributed by atoms with Crippen LogP contribution in [0, 0.1) is 12.7 Å². The summed E-state index contributed by atoms with van der Waals surface area (Å²) in [5.41, 5.74) is 0.469. The average molecular weight is 441 g/mol. The average Bonchev–Trinajstić information content (AvgIpc) is 3.27. The SMILES string of the molecule is Cc1nn2c(=O)cc(CSc3nc(-c4ccccc4F)nc4cc(=O)[nH]n34)nc2s1. The first-order valence-electron chi connectivity index (χ1n) is 8.72. The van der Waals surface area contributed by atoms with E-state index in [1.807, 2.05) is 0 Å². The van der Waals surface area contributed by atoms with Crippen LogP contribution in [0.4, 0.5) is 4.39 Å². The van der Waals surface area contributed by atoms with Crippen molar-refractivity contribution in [3.63, 3.8) is 0 Å². The van der Waals surface area contributed by atoms with Crippen LogP contribution in [0.1, 0.15) is 10.7 Å². The molecule has 0 aliphatic carbocycles. The third-order valence-electron chi connectivity index (χ3n) is 4.19. The zero-order valence-electron chi connectivity index (χ0n) is 15.4. The second kappa shape index (κ2) is 7.15. The monoisotopic (exact) mass is 441 g/mol. The zero-order valence-corrected chi connectivity index (χ0v) is 17.0. The highest BCUT2D eigenvalue weighted by molar-refractivity contribution is 7.98. The Bertz CT molecular complexity index is 1540. The Kier molecular flexibility index (Phi) is 4.44. The van der Waals surface area contributed by atoms with Crippen molar-refractivity contribution >= 4 is 33.7 Å². The van der Waals surface area contributed by atoms with Crippen molar-refractivity contribution in [1.29, 1.82) is 0 Å². The van der Waals surface area contributed by atoms with E-state index in [4.69, 9.17) is 0 Å². The maximum absolute atomic E-state index is 14.2. The molecule has 5 aromatic rings. The maximum Gasteiger partial charge on any atom is 0.275 e. The second-order valence-corrected chi connectivity index (χ2v) is 8.42. The molecule has 0 aliphatic rings. The van der Waals surface area contributed by atoms with Crippen LogP contribution >= 0.6 is 23.1 Å². The smallest absolute Gasteiger partial charge is 0.268 e. The lowest BCUT2D eigenvalue weighted by molar-refractivity contribution is 0.629. The van der Waals surface area contributed by atoms with Gasteiger partial charge in [0.05, 0.1) is 11.3 Å². The molecular weight excluding hydrogens is 429 g/mol. The molecule has 5 rings (SSSR count). The van der Waals surface area contributed by atoms with Crippen LogP contribution in [0.3, 0.4) is 0 Å². The van der Waals surface area contributed by atoms with E-state index in [-0.39, 0.29) is 22.5 Å². The predicted molar refractivity (Wildman–Crippen MR) is 110 cm³/mol. The number of aromatic nitrogens is 7. The van der Waals surface area contributed by atoms with Gasteiger partial charge in [-0.25, -0.2) is 23.9 Å². The summed E-state index contributed by atoms with van der Waals surface area (Å²) >= 11 is 2.57. The third kappa shape index (κ3) is 3.29. The summed E-state index contributed by atoms with van der Waals surface area (Å²) in [4.78, 5) is 37.8. The molecule has 0 amide bonds. The normalized spacial score (nSPS) is 11.5. The summed E-state index contributed by atoms with van der Waals surface area (Å²) in [6.45, 7) is 1.80. The number of hydrogen-bond donors (Lipinski definition) is 1. The van der Waals surface area contributed by atoms with E-state index >= 15 is 0 Å². The molecule has 0 fully saturated rings. The number of halogens is 1. The van der Waals surface area contributed by atoms with Crippen LogP contribution in [0.15, 0.2) is 51.1 Å². The van der Waals surface area contributed by atoms with Gasteiger partial charge in [-0.15, -0.1) is 0 Å². The number of nitrogens with one attached hydrogen (secondary N) is 1. The van der Waals surface area contributed by atoms with E-state index in [1.54, 1.807) is 25.1 Å². The molecule has 0 aliphatic heterocycles. The number of aryl methyl sites for hydroxylation is 1. The first-order chi connectivity index (χ1) is 14.5. The largest absolute Gasteiger partial charge is 0.275 e. The molecule has 0 radical (unpaired) electrons. The number of hydrogen-bond acceptors (Lipinski definition) is 8. The lowest BCUT2D eigenvalue weighted by Gasteiger charge is -2.08. The maximum atomic E-state index is 14.2. The van der Waals surface area contributed by atoms with E-state index in [9.17, 15) is 14.0 Å². The molecule has 9 nitrogen and oxygen atoms in total. The summed E-state index contributed by atoms with van der Waals surface area (Å²) < 4.78 is 16.9. The van der Waals surface area contributed by atoms with Gasteiger partial charge in [0.15, 0.2) is 16.6 Å². The van der Waals surface area contributed by atoms with Crippen molar-refractivity contribution in [3.8, 4) is 11.4 Å². The van der Waals surface area contributed by atoms with Gasteiger partial charge in [-0.1, -0.05) is 35.2 Å². The van der Waals surface area contributed by atoms with Crippen LogP contribution in [0.2, 0.25) is 0 Å². The van der Waals surface area contributed by atoms with Gasteiger partial charge in [0, 0.05) is 17.9 Å². The highest BCUT2D eigenvalue weighted by atomic mass is 32.2. The van der Waals surface area contributed by atoms with Crippen LogP contribution in [-0.2, 0) is 5.75 Å². The molecular formula is C18H12FN7O2S2. The van der Waals surface area contributed by atoms with Crippen LogP contribution in [-0.4, -0.2) is 34.2 Å². The number of fused-ring (bicyclic) bond motifs is 2. The van der Waals surface area contributed by atoms with Crippen LogP contribution in [0.5, 0.6) is 0 Å². The number of benzene rings is 1. The van der Waals surface area contributed by atoms with Crippen LogP contribution in [0.25, 0.3) is 22.0 Å². The quantitative estimate of drug-likeness (QED) is 0.426. The first-order valence-corrected chi connectivity index (χ1v) is 10.5. The molecule has 0 spiro atoms. The van der Waals surface area contributed by atoms with E-state index < -0.39 is 5.82 Å². The topological polar surface area (TPSA) is 110 Å². The van der Waals surface area contributed by atoms with E-state index in [0.29, 0.717) is 27.2 Å². The zero-order chi connectivity index (χ0) is 20.8. The number of H-pyrrole nitrogens is 1. The van der Waals surface area contributed by atoms with E-state index in [2.05, 4.69) is 25.1 Å². The van der Waals surface area contributed by atoms with Gasteiger partial charge in [-0.3, -0.25) is 14.7 Å². The number of nitrogens with zero attached hydrogens (tertiary/aromatic N) is 6. The summed E-state index contributed by atoms with van der Waals surface area (Å²) in [6.07, 6.45) is 0. The third-order valence-corrected chi connectivity index (χ3v) is 5.98. The lowest BCUT2D eigenvalue weighted by atomic mass is 10.2. The molecule has 12 heteroatoms. The number of thioether (sulfide) groups is 1. The molecule has 1 N–H and O–H groups in total. The van der Waals surface area contributed by atoms with Gasteiger partial charge in [-0.05, 0) is 19.1 Å². The van der Waals surface area contributed by atoms with Crippen LogP contribution < -0.4 is 11.1 Å². The molecule has 1 aromatic carbocycles. The van der Waals surface area contributed by atoms with E-state index in [0.717, 1.165) is 5.01 Å². The fourth-order valence-electron chi connectivity index (χ4n) is 2.91. The van der Waals surface area contributed by atoms with Gasteiger partial charge in [0.2, 0.25) is 4.96 Å². The summed E-state index contributed by atoms with van der Waals surface area (Å²) in [5.74, 6) is 0.0127. The van der Waals surface area contributed by atoms with Crippen molar-refractivity contribution in [3.05, 3.63) is 73.6 Å². The molecule has 150 valence electrons. The Hall–Kier alpha value is -3.38. The fraction of sp³-hybridized carbons (Fsp3) is 0.111. The lowest BCUT2D eigenvalue weighted by Crippen LogP contribution is -2.15. The standard InChI is InChI=1S/C18H12FN7O2S2/c1-9-23-26-15(28)6-10(20-18(26)30-9)8-29-17-22-16(11-4-2-3-5-12(11)19)21-13-7-14(27)24-25(13)17/h2-7H,8H2,1H3,(H,24,27). The minimum absolute atomic E-state index is 0.163. The van der Waals surface area contributed by atoms with E-state index in [1.165, 1.54) is 50.3 Å². The second-order valence-electron chi connectivity index (χ2n) is 6.31. The fourth-order valence-corrected chi connectivity index (χ4v) is 4.52. The highest BCUT2D eigenvalue weighted by Gasteiger charge is 2.15. The Labute approximate surface area is 175 Å². The van der Waals surface area contributed by atoms with Crippen molar-refractivity contribution in [1.82, 2.24) is 34.2 Å². The molecule has 0 atom stereocenters. The van der Waals surface area contributed by atoms with Gasteiger partial charge >= 0.3 is 0 Å². The minimum Gasteiger partial charge on any atom is -0.268 e.